The van der Waals surface area contributed by atoms with Crippen LogP contribution in [0.1, 0.15) is 40.5 Å². The van der Waals surface area contributed by atoms with Gasteiger partial charge in [-0.15, -0.1) is 0 Å². The van der Waals surface area contributed by atoms with E-state index < -0.39 is 0 Å². The number of aliphatic hydroxyl groups is 1. The van der Waals surface area contributed by atoms with Crippen molar-refractivity contribution in [2.24, 2.45) is 11.3 Å². The van der Waals surface area contributed by atoms with Gasteiger partial charge in [-0.25, -0.2) is 0 Å². The van der Waals surface area contributed by atoms with Crippen LogP contribution in [0.2, 0.25) is 0 Å². The number of Topliss-reactive ketones (excluding diaryl/α,β-unsaturated/α-hetero) is 1. The molecule has 0 fully saturated rings. The lowest BCUT2D eigenvalue weighted by atomic mass is 9.74. The highest BCUT2D eigenvalue weighted by molar-refractivity contribution is 5.97. The van der Waals surface area contributed by atoms with Gasteiger partial charge >= 0.3 is 0 Å². The van der Waals surface area contributed by atoms with Crippen molar-refractivity contribution in [3.8, 4) is 0 Å². The van der Waals surface area contributed by atoms with E-state index in [1.54, 1.807) is 0 Å². The van der Waals surface area contributed by atoms with Gasteiger partial charge in [-0.1, -0.05) is 27.7 Å². The van der Waals surface area contributed by atoms with Crippen molar-refractivity contribution >= 4 is 5.78 Å². The number of ketones is 1. The van der Waals surface area contributed by atoms with Crippen molar-refractivity contribution in [1.82, 2.24) is 0 Å². The summed E-state index contributed by atoms with van der Waals surface area (Å²) < 4.78 is 0. The monoisotopic (exact) mass is 182 g/mol. The second-order valence-corrected chi connectivity index (χ2v) is 4.96. The van der Waals surface area contributed by atoms with Crippen LogP contribution in [0.25, 0.3) is 0 Å². The Morgan fingerprint density at radius 2 is 1.85 bits per heavy atom. The molecule has 74 valence electrons. The molecule has 1 rings (SSSR count). The standard InChI is InChI=1S/C11H18O2/c1-7(2)10-8(12)5-11(3,4)6-9(10)13/h7,12H,5-6H2,1-4H3. The van der Waals surface area contributed by atoms with Crippen LogP contribution in [0.5, 0.6) is 0 Å². The van der Waals surface area contributed by atoms with Gasteiger partial charge in [-0.2, -0.15) is 0 Å². The zero-order valence-corrected chi connectivity index (χ0v) is 8.85. The SMILES string of the molecule is CC(C)C1=C(O)CC(C)(C)CC1=O. The Morgan fingerprint density at radius 1 is 1.31 bits per heavy atom. The van der Waals surface area contributed by atoms with Crippen molar-refractivity contribution in [2.45, 2.75) is 40.5 Å². The van der Waals surface area contributed by atoms with Crippen LogP contribution in [0.15, 0.2) is 11.3 Å². The molecule has 0 aromatic heterocycles. The van der Waals surface area contributed by atoms with Crippen molar-refractivity contribution in [2.75, 3.05) is 0 Å². The first kappa shape index (κ1) is 10.3. The van der Waals surface area contributed by atoms with Crippen LogP contribution in [0.3, 0.4) is 0 Å². The highest BCUT2D eigenvalue weighted by Gasteiger charge is 2.33. The lowest BCUT2D eigenvalue weighted by Crippen LogP contribution is -2.27. The molecule has 0 saturated carbocycles. The predicted molar refractivity (Wildman–Crippen MR) is 52.5 cm³/mol. The molecule has 0 spiro atoms. The van der Waals surface area contributed by atoms with Gasteiger partial charge in [0.15, 0.2) is 5.78 Å². The molecule has 0 aromatic carbocycles. The first-order chi connectivity index (χ1) is 5.83. The van der Waals surface area contributed by atoms with E-state index in [4.69, 9.17) is 0 Å². The van der Waals surface area contributed by atoms with Crippen LogP contribution in [0, 0.1) is 11.3 Å². The average molecular weight is 182 g/mol. The normalized spacial score (nSPS) is 22.7. The summed E-state index contributed by atoms with van der Waals surface area (Å²) in [5.74, 6) is 0.559. The fraction of sp³-hybridized carbons (Fsp3) is 0.727. The molecular weight excluding hydrogens is 164 g/mol. The van der Waals surface area contributed by atoms with Gasteiger partial charge in [0, 0.05) is 18.4 Å². The Bertz CT molecular complexity index is 259. The molecule has 0 aliphatic heterocycles. The summed E-state index contributed by atoms with van der Waals surface area (Å²) in [5.41, 5.74) is 0.568. The van der Waals surface area contributed by atoms with Gasteiger partial charge in [0.1, 0.15) is 0 Å². The third-order valence-electron chi connectivity index (χ3n) is 2.47. The molecule has 1 aliphatic carbocycles. The van der Waals surface area contributed by atoms with Gasteiger partial charge in [0.05, 0.1) is 5.76 Å². The maximum Gasteiger partial charge on any atom is 0.163 e. The van der Waals surface area contributed by atoms with E-state index in [1.165, 1.54) is 0 Å². The lowest BCUT2D eigenvalue weighted by Gasteiger charge is -2.30. The smallest absolute Gasteiger partial charge is 0.163 e. The molecule has 0 heterocycles. The molecule has 0 aromatic rings. The van der Waals surface area contributed by atoms with Crippen LogP contribution < -0.4 is 0 Å². The maximum atomic E-state index is 11.6. The van der Waals surface area contributed by atoms with Crippen molar-refractivity contribution < 1.29 is 9.90 Å². The second-order valence-electron chi connectivity index (χ2n) is 4.96. The van der Waals surface area contributed by atoms with E-state index in [2.05, 4.69) is 0 Å². The summed E-state index contributed by atoms with van der Waals surface area (Å²) in [7, 11) is 0. The Balaban J connectivity index is 3.01. The summed E-state index contributed by atoms with van der Waals surface area (Å²) in [5, 5.41) is 9.70. The molecule has 0 unspecified atom stereocenters. The van der Waals surface area contributed by atoms with E-state index in [0.29, 0.717) is 24.2 Å². The fourth-order valence-electron chi connectivity index (χ4n) is 1.96. The zero-order chi connectivity index (χ0) is 10.2. The second kappa shape index (κ2) is 3.17. The van der Waals surface area contributed by atoms with Gasteiger partial charge in [-0.05, 0) is 11.3 Å². The highest BCUT2D eigenvalue weighted by Crippen LogP contribution is 2.37. The van der Waals surface area contributed by atoms with Crippen LogP contribution in [-0.4, -0.2) is 10.9 Å². The molecular formula is C11H18O2. The van der Waals surface area contributed by atoms with E-state index in [0.717, 1.165) is 0 Å². The Hall–Kier alpha value is -0.790. The van der Waals surface area contributed by atoms with Crippen molar-refractivity contribution in [1.29, 1.82) is 0 Å². The number of allylic oxidation sites excluding steroid dienone is 2. The molecule has 1 aliphatic rings. The third-order valence-corrected chi connectivity index (χ3v) is 2.47. The lowest BCUT2D eigenvalue weighted by molar-refractivity contribution is -0.119. The Morgan fingerprint density at radius 3 is 2.23 bits per heavy atom. The number of aliphatic hydroxyl groups excluding tert-OH is 1. The molecule has 2 heteroatoms. The summed E-state index contributed by atoms with van der Waals surface area (Å²) in [6.45, 7) is 7.92. The largest absolute Gasteiger partial charge is 0.512 e. The quantitative estimate of drug-likeness (QED) is 0.677. The van der Waals surface area contributed by atoms with E-state index in [1.807, 2.05) is 27.7 Å². The molecule has 0 radical (unpaired) electrons. The Labute approximate surface area is 79.6 Å². The molecule has 1 N–H and O–H groups in total. The molecule has 13 heavy (non-hydrogen) atoms. The maximum absolute atomic E-state index is 11.6. The topological polar surface area (TPSA) is 37.3 Å². The minimum Gasteiger partial charge on any atom is -0.512 e. The Kier molecular flexibility index (Phi) is 2.51. The van der Waals surface area contributed by atoms with Gasteiger partial charge in [-0.3, -0.25) is 4.79 Å². The van der Waals surface area contributed by atoms with Gasteiger partial charge in [0.25, 0.3) is 0 Å². The summed E-state index contributed by atoms with van der Waals surface area (Å²) in [6, 6.07) is 0. The zero-order valence-electron chi connectivity index (χ0n) is 8.85. The minimum atomic E-state index is -0.0699. The van der Waals surface area contributed by atoms with Crippen LogP contribution >= 0.6 is 0 Å². The van der Waals surface area contributed by atoms with Crippen LogP contribution in [-0.2, 0) is 4.79 Å². The van der Waals surface area contributed by atoms with Crippen LogP contribution in [0.4, 0.5) is 0 Å². The number of carbonyl (C=O) groups is 1. The summed E-state index contributed by atoms with van der Waals surface area (Å²) in [4.78, 5) is 11.6. The number of hydrogen-bond donors (Lipinski definition) is 1. The fourth-order valence-corrected chi connectivity index (χ4v) is 1.96. The van der Waals surface area contributed by atoms with E-state index in [-0.39, 0.29) is 17.1 Å². The molecule has 0 saturated heterocycles. The molecule has 0 bridgehead atoms. The number of rotatable bonds is 1. The van der Waals surface area contributed by atoms with Gasteiger partial charge in [0.2, 0.25) is 0 Å². The first-order valence-electron chi connectivity index (χ1n) is 4.79. The average Bonchev–Trinajstić information content (AvgIpc) is 1.78. The highest BCUT2D eigenvalue weighted by atomic mass is 16.3. The van der Waals surface area contributed by atoms with E-state index >= 15 is 0 Å². The third kappa shape index (κ3) is 2.11. The summed E-state index contributed by atoms with van der Waals surface area (Å²) in [6.07, 6.45) is 1.19. The predicted octanol–water partition coefficient (Wildman–Crippen LogP) is 2.84. The van der Waals surface area contributed by atoms with E-state index in [9.17, 15) is 9.90 Å². The number of hydrogen-bond acceptors (Lipinski definition) is 2. The van der Waals surface area contributed by atoms with Crippen molar-refractivity contribution in [3.63, 3.8) is 0 Å². The summed E-state index contributed by atoms with van der Waals surface area (Å²) >= 11 is 0. The first-order valence-corrected chi connectivity index (χ1v) is 4.79. The van der Waals surface area contributed by atoms with Crippen molar-refractivity contribution in [3.05, 3.63) is 11.3 Å². The molecule has 0 amide bonds. The molecule has 0 atom stereocenters. The molecule has 2 nitrogen and oxygen atoms in total. The number of carbonyl (C=O) groups excluding carboxylic acids is 1. The minimum absolute atomic E-state index is 0.0699. The van der Waals surface area contributed by atoms with Gasteiger partial charge < -0.3 is 5.11 Å².